The van der Waals surface area contributed by atoms with Crippen LogP contribution in [0.3, 0.4) is 0 Å². The van der Waals surface area contributed by atoms with Crippen LogP contribution < -0.4 is 0 Å². The van der Waals surface area contributed by atoms with Gasteiger partial charge in [0.1, 0.15) is 11.9 Å². The van der Waals surface area contributed by atoms with Gasteiger partial charge in [0.15, 0.2) is 0 Å². The number of hydrogen-bond donors (Lipinski definition) is 0. The lowest BCUT2D eigenvalue weighted by atomic mass is 9.43. The molecule has 0 radical (unpaired) electrons. The summed E-state index contributed by atoms with van der Waals surface area (Å²) in [5.41, 5.74) is 0.515. The van der Waals surface area contributed by atoms with Crippen LogP contribution in [0.1, 0.15) is 79.1 Å². The van der Waals surface area contributed by atoms with Gasteiger partial charge in [0.25, 0.3) is 0 Å². The number of esters is 1. The molecule has 0 bridgehead atoms. The van der Waals surface area contributed by atoms with Crippen LogP contribution in [0.2, 0.25) is 0 Å². The third-order valence-corrected chi connectivity index (χ3v) is 9.06. The Morgan fingerprint density at radius 2 is 1.80 bits per heavy atom. The van der Waals surface area contributed by atoms with Gasteiger partial charge in [-0.1, -0.05) is 20.8 Å². The molecule has 0 heterocycles. The van der Waals surface area contributed by atoms with Gasteiger partial charge in [-0.25, -0.2) is 0 Å². The fraction of sp³-hybridized carbons (Fsp3) is 0.909. The minimum absolute atomic E-state index is 0.113. The number of hydrogen-bond acceptors (Lipinski definition) is 3. The van der Waals surface area contributed by atoms with E-state index in [2.05, 4.69) is 20.8 Å². The van der Waals surface area contributed by atoms with E-state index >= 15 is 0 Å². The predicted octanol–water partition coefficient (Wildman–Crippen LogP) is 4.78. The molecule has 4 fully saturated rings. The van der Waals surface area contributed by atoms with Gasteiger partial charge < -0.3 is 4.74 Å². The Morgan fingerprint density at radius 3 is 2.52 bits per heavy atom. The van der Waals surface area contributed by atoms with Crippen molar-refractivity contribution in [3.63, 3.8) is 0 Å². The summed E-state index contributed by atoms with van der Waals surface area (Å²) >= 11 is 0. The lowest BCUT2D eigenvalue weighted by molar-refractivity contribution is -0.167. The molecule has 0 amide bonds. The Labute approximate surface area is 152 Å². The zero-order valence-corrected chi connectivity index (χ0v) is 16.3. The second-order valence-corrected chi connectivity index (χ2v) is 10.2. The van der Waals surface area contributed by atoms with Gasteiger partial charge in [0.2, 0.25) is 0 Å². The van der Waals surface area contributed by atoms with Crippen LogP contribution in [0, 0.1) is 40.4 Å². The van der Waals surface area contributed by atoms with Crippen molar-refractivity contribution >= 4 is 11.8 Å². The van der Waals surface area contributed by atoms with Gasteiger partial charge in [0.05, 0.1) is 0 Å². The highest BCUT2D eigenvalue weighted by molar-refractivity contribution is 5.79. The molecule has 4 rings (SSSR count). The quantitative estimate of drug-likeness (QED) is 0.642. The lowest BCUT2D eigenvalue weighted by Gasteiger charge is -2.62. The molecule has 0 aromatic rings. The molecule has 4 aliphatic rings. The molecule has 0 saturated heterocycles. The topological polar surface area (TPSA) is 43.4 Å². The molecule has 3 nitrogen and oxygen atoms in total. The maximum atomic E-state index is 12.1. The number of ketones is 1. The molecule has 8 atom stereocenters. The third kappa shape index (κ3) is 2.51. The minimum atomic E-state index is -0.122. The van der Waals surface area contributed by atoms with Crippen LogP contribution >= 0.6 is 0 Å². The summed E-state index contributed by atoms with van der Waals surface area (Å²) in [6.45, 7) is 8.87. The van der Waals surface area contributed by atoms with Gasteiger partial charge in [-0.15, -0.1) is 0 Å². The van der Waals surface area contributed by atoms with Crippen molar-refractivity contribution in [3.8, 4) is 0 Å². The normalized spacial score (nSPS) is 52.1. The lowest BCUT2D eigenvalue weighted by Crippen LogP contribution is -2.56. The van der Waals surface area contributed by atoms with E-state index in [1.54, 1.807) is 6.92 Å². The first-order valence-corrected chi connectivity index (χ1v) is 10.4. The summed E-state index contributed by atoms with van der Waals surface area (Å²) in [7, 11) is 0. The van der Waals surface area contributed by atoms with Crippen molar-refractivity contribution in [2.45, 2.75) is 85.2 Å². The predicted molar refractivity (Wildman–Crippen MR) is 96.8 cm³/mol. The molecular formula is C22H34O3. The molecule has 0 aromatic heterocycles. The molecule has 0 N–H and O–H groups in total. The molecule has 4 aliphatic carbocycles. The second-order valence-electron chi connectivity index (χ2n) is 10.2. The van der Waals surface area contributed by atoms with Gasteiger partial charge in [0, 0.05) is 25.2 Å². The Hall–Kier alpha value is -0.860. The number of Topliss-reactive ketones (excluding diaryl/α,β-unsaturated/α-hetero) is 1. The zero-order chi connectivity index (χ0) is 18.0. The number of fused-ring (bicyclic) bond motifs is 5. The van der Waals surface area contributed by atoms with E-state index < -0.39 is 0 Å². The molecule has 140 valence electrons. The monoisotopic (exact) mass is 346 g/mol. The van der Waals surface area contributed by atoms with Crippen molar-refractivity contribution in [3.05, 3.63) is 0 Å². The smallest absolute Gasteiger partial charge is 0.302 e. The van der Waals surface area contributed by atoms with Gasteiger partial charge in [-0.2, -0.15) is 0 Å². The van der Waals surface area contributed by atoms with Crippen molar-refractivity contribution in [1.29, 1.82) is 0 Å². The molecule has 0 aromatic carbocycles. The van der Waals surface area contributed by atoms with Gasteiger partial charge >= 0.3 is 5.97 Å². The standard InChI is InChI=1S/C22H34O3/c1-13-11-15-12-16(24)7-9-21(15,3)18-8-10-22(4)17(20(13)18)5-6-19(22)25-14(2)23/h13,15,17-20H,5-12H2,1-4H3/t13-,15+,17+,18+,19+,20+,21+,22+/m1/s1. The summed E-state index contributed by atoms with van der Waals surface area (Å²) < 4.78 is 5.76. The maximum absolute atomic E-state index is 12.1. The van der Waals surface area contributed by atoms with Crippen molar-refractivity contribution in [2.24, 2.45) is 40.4 Å². The average Bonchev–Trinajstić information content (AvgIpc) is 2.85. The molecular weight excluding hydrogens is 312 g/mol. The first-order valence-electron chi connectivity index (χ1n) is 10.4. The Balaban J connectivity index is 1.63. The van der Waals surface area contributed by atoms with E-state index in [0.29, 0.717) is 29.0 Å². The van der Waals surface area contributed by atoms with E-state index in [1.165, 1.54) is 25.7 Å². The number of rotatable bonds is 1. The van der Waals surface area contributed by atoms with E-state index in [9.17, 15) is 9.59 Å². The first-order chi connectivity index (χ1) is 11.8. The zero-order valence-electron chi connectivity index (χ0n) is 16.3. The fourth-order valence-electron chi connectivity index (χ4n) is 7.77. The summed E-state index contributed by atoms with van der Waals surface area (Å²) in [5.74, 6) is 3.83. The highest BCUT2D eigenvalue weighted by Crippen LogP contribution is 2.67. The van der Waals surface area contributed by atoms with E-state index in [4.69, 9.17) is 4.74 Å². The third-order valence-electron chi connectivity index (χ3n) is 9.06. The number of carbonyl (C=O) groups is 2. The fourth-order valence-corrected chi connectivity index (χ4v) is 7.77. The van der Waals surface area contributed by atoms with Crippen LogP contribution in [0.15, 0.2) is 0 Å². The summed E-state index contributed by atoms with van der Waals surface area (Å²) in [6, 6.07) is 0. The SMILES string of the molecule is CC(=O)O[C@H]1CC[C@H]2[C@@H]3[C@H](C)C[C@H]4CC(=O)CC[C@]4(C)[C@H]3CC[C@]12C. The van der Waals surface area contributed by atoms with Crippen molar-refractivity contribution in [1.82, 2.24) is 0 Å². The molecule has 3 heteroatoms. The van der Waals surface area contributed by atoms with Crippen LogP contribution in [-0.2, 0) is 14.3 Å². The molecule has 0 spiro atoms. The maximum Gasteiger partial charge on any atom is 0.302 e. The number of ether oxygens (including phenoxy) is 1. The van der Waals surface area contributed by atoms with Crippen LogP contribution in [0.25, 0.3) is 0 Å². The molecule has 0 aliphatic heterocycles. The van der Waals surface area contributed by atoms with Gasteiger partial charge in [-0.05, 0) is 73.5 Å². The highest BCUT2D eigenvalue weighted by atomic mass is 16.5. The van der Waals surface area contributed by atoms with Crippen molar-refractivity contribution in [2.75, 3.05) is 0 Å². The Morgan fingerprint density at radius 1 is 1.08 bits per heavy atom. The highest BCUT2D eigenvalue weighted by Gasteiger charge is 2.62. The first kappa shape index (κ1) is 17.5. The Bertz CT molecular complexity index is 584. The number of carbonyl (C=O) groups excluding carboxylic acids is 2. The molecule has 4 saturated carbocycles. The van der Waals surface area contributed by atoms with Crippen LogP contribution in [0.4, 0.5) is 0 Å². The van der Waals surface area contributed by atoms with E-state index in [1.807, 2.05) is 0 Å². The molecule has 25 heavy (non-hydrogen) atoms. The van der Waals surface area contributed by atoms with Crippen LogP contribution in [0.5, 0.6) is 0 Å². The van der Waals surface area contributed by atoms with Gasteiger partial charge in [-0.3, -0.25) is 9.59 Å². The van der Waals surface area contributed by atoms with Crippen molar-refractivity contribution < 1.29 is 14.3 Å². The van der Waals surface area contributed by atoms with E-state index in [-0.39, 0.29) is 17.5 Å². The summed E-state index contributed by atoms with van der Waals surface area (Å²) in [5, 5.41) is 0. The van der Waals surface area contributed by atoms with Crippen LogP contribution in [-0.4, -0.2) is 17.9 Å². The summed E-state index contributed by atoms with van der Waals surface area (Å²) in [6.07, 6.45) is 8.72. The van der Waals surface area contributed by atoms with E-state index in [0.717, 1.165) is 37.5 Å². The second kappa shape index (κ2) is 5.82. The Kier molecular flexibility index (Phi) is 4.09. The minimum Gasteiger partial charge on any atom is -0.462 e. The summed E-state index contributed by atoms with van der Waals surface area (Å²) in [4.78, 5) is 23.6. The molecule has 0 unspecified atom stereocenters. The largest absolute Gasteiger partial charge is 0.462 e. The average molecular weight is 347 g/mol.